The van der Waals surface area contributed by atoms with Crippen LogP contribution in [-0.2, 0) is 11.2 Å². The van der Waals surface area contributed by atoms with E-state index < -0.39 is 12.1 Å². The molecule has 0 spiro atoms. The average molecular weight is 334 g/mol. The van der Waals surface area contributed by atoms with Crippen molar-refractivity contribution in [1.29, 1.82) is 0 Å². The fourth-order valence-corrected chi connectivity index (χ4v) is 1.68. The molecule has 3 nitrogen and oxygen atoms in total. The van der Waals surface area contributed by atoms with Gasteiger partial charge in [-0.2, -0.15) is 0 Å². The second-order valence-corrected chi connectivity index (χ2v) is 4.62. The third kappa shape index (κ3) is 4.38. The number of rotatable bonds is 6. The zero-order valence-electron chi connectivity index (χ0n) is 9.15. The fraction of sp³-hybridized carbons (Fsp3) is 0.417. The summed E-state index contributed by atoms with van der Waals surface area (Å²) in [6.07, 6.45) is 1.32. The van der Waals surface area contributed by atoms with Crippen molar-refractivity contribution in [3.63, 3.8) is 0 Å². The van der Waals surface area contributed by atoms with Crippen LogP contribution >= 0.6 is 22.6 Å². The van der Waals surface area contributed by atoms with Crippen LogP contribution in [0.15, 0.2) is 24.3 Å². The van der Waals surface area contributed by atoms with Gasteiger partial charge >= 0.3 is 5.97 Å². The maximum atomic E-state index is 10.6. The highest BCUT2D eigenvalue weighted by molar-refractivity contribution is 14.1. The molecular weight excluding hydrogens is 319 g/mol. The van der Waals surface area contributed by atoms with E-state index in [2.05, 4.69) is 22.6 Å². The van der Waals surface area contributed by atoms with Crippen molar-refractivity contribution in [2.24, 2.45) is 0 Å². The Balaban J connectivity index is 2.63. The second kappa shape index (κ2) is 6.73. The predicted molar refractivity (Wildman–Crippen MR) is 71.4 cm³/mol. The van der Waals surface area contributed by atoms with Crippen molar-refractivity contribution >= 4 is 28.6 Å². The Kier molecular flexibility index (Phi) is 5.59. The molecule has 1 N–H and O–H groups in total. The summed E-state index contributed by atoms with van der Waals surface area (Å²) in [5, 5.41) is 8.73. The van der Waals surface area contributed by atoms with Crippen LogP contribution in [-0.4, -0.2) is 21.6 Å². The molecule has 0 bridgehead atoms. The number of alkyl halides is 1. The Morgan fingerprint density at radius 1 is 1.56 bits per heavy atom. The molecule has 4 heteroatoms. The van der Waals surface area contributed by atoms with Gasteiger partial charge in [-0.3, -0.25) is 0 Å². The normalized spacial score (nSPS) is 12.1. The minimum atomic E-state index is -0.947. The third-order valence-electron chi connectivity index (χ3n) is 2.16. The number of hydrogen-bond donors (Lipinski definition) is 1. The molecular formula is C12H15IO3. The fourth-order valence-electron chi connectivity index (χ4n) is 1.30. The molecule has 88 valence electrons. The number of halogens is 1. The van der Waals surface area contributed by atoms with Crippen LogP contribution in [0.3, 0.4) is 0 Å². The first-order chi connectivity index (χ1) is 7.63. The maximum absolute atomic E-state index is 10.6. The van der Waals surface area contributed by atoms with Crippen LogP contribution in [0.4, 0.5) is 0 Å². The lowest BCUT2D eigenvalue weighted by Crippen LogP contribution is -2.22. The number of ether oxygens (including phenoxy) is 1. The standard InChI is InChI=1S/C12H15IO3/c1-9(12(14)15)16-11-6-2-4-10(8-11)5-3-7-13/h2,4,6,8-9H,3,5,7H2,1H3,(H,14,15)/t9-/m0/s1. The van der Waals surface area contributed by atoms with Gasteiger partial charge in [0.2, 0.25) is 0 Å². The Bertz CT molecular complexity index is 352. The first-order valence-electron chi connectivity index (χ1n) is 5.18. The monoisotopic (exact) mass is 334 g/mol. The van der Waals surface area contributed by atoms with Gasteiger partial charge in [0, 0.05) is 0 Å². The van der Waals surface area contributed by atoms with Crippen LogP contribution in [0.1, 0.15) is 18.9 Å². The van der Waals surface area contributed by atoms with E-state index in [4.69, 9.17) is 9.84 Å². The molecule has 0 heterocycles. The highest BCUT2D eigenvalue weighted by atomic mass is 127. The van der Waals surface area contributed by atoms with Gasteiger partial charge in [-0.05, 0) is 41.9 Å². The number of carbonyl (C=O) groups is 1. The van der Waals surface area contributed by atoms with E-state index >= 15 is 0 Å². The Labute approximate surface area is 109 Å². The summed E-state index contributed by atoms with van der Waals surface area (Å²) in [6, 6.07) is 7.62. The number of benzene rings is 1. The van der Waals surface area contributed by atoms with Crippen molar-refractivity contribution in [3.8, 4) is 5.75 Å². The topological polar surface area (TPSA) is 46.5 Å². The number of carboxylic acid groups (broad SMARTS) is 1. The summed E-state index contributed by atoms with van der Waals surface area (Å²) in [5.74, 6) is -0.321. The molecule has 0 aliphatic carbocycles. The lowest BCUT2D eigenvalue weighted by atomic mass is 10.1. The number of aryl methyl sites for hydroxylation is 1. The summed E-state index contributed by atoms with van der Waals surface area (Å²) in [7, 11) is 0. The van der Waals surface area contributed by atoms with Crippen LogP contribution in [0.2, 0.25) is 0 Å². The molecule has 0 saturated heterocycles. The largest absolute Gasteiger partial charge is 0.479 e. The second-order valence-electron chi connectivity index (χ2n) is 3.54. The Morgan fingerprint density at radius 3 is 2.94 bits per heavy atom. The highest BCUT2D eigenvalue weighted by Gasteiger charge is 2.12. The molecule has 0 amide bonds. The summed E-state index contributed by atoms with van der Waals surface area (Å²) >= 11 is 2.34. The molecule has 1 aromatic rings. The van der Waals surface area contributed by atoms with Crippen molar-refractivity contribution in [1.82, 2.24) is 0 Å². The smallest absolute Gasteiger partial charge is 0.344 e. The highest BCUT2D eigenvalue weighted by Crippen LogP contribution is 2.16. The Morgan fingerprint density at radius 2 is 2.31 bits per heavy atom. The van der Waals surface area contributed by atoms with Crippen molar-refractivity contribution < 1.29 is 14.6 Å². The van der Waals surface area contributed by atoms with Gasteiger partial charge in [0.1, 0.15) is 5.75 Å². The van der Waals surface area contributed by atoms with Gasteiger partial charge in [0.05, 0.1) is 0 Å². The van der Waals surface area contributed by atoms with Gasteiger partial charge in [-0.15, -0.1) is 0 Å². The lowest BCUT2D eigenvalue weighted by Gasteiger charge is -2.11. The van der Waals surface area contributed by atoms with Crippen molar-refractivity contribution in [2.75, 3.05) is 4.43 Å². The molecule has 0 saturated carbocycles. The summed E-state index contributed by atoms with van der Waals surface area (Å²) in [4.78, 5) is 10.6. The average Bonchev–Trinajstić information content (AvgIpc) is 2.26. The zero-order chi connectivity index (χ0) is 12.0. The molecule has 0 aliphatic rings. The van der Waals surface area contributed by atoms with E-state index in [-0.39, 0.29) is 0 Å². The van der Waals surface area contributed by atoms with Crippen LogP contribution in [0.5, 0.6) is 5.75 Å². The van der Waals surface area contributed by atoms with Gasteiger partial charge < -0.3 is 9.84 Å². The number of carboxylic acids is 1. The number of aliphatic carboxylic acids is 1. The van der Waals surface area contributed by atoms with Gasteiger partial charge in [0.15, 0.2) is 6.10 Å². The minimum Gasteiger partial charge on any atom is -0.479 e. The molecule has 0 fully saturated rings. The van der Waals surface area contributed by atoms with E-state index in [0.717, 1.165) is 17.3 Å². The maximum Gasteiger partial charge on any atom is 0.344 e. The van der Waals surface area contributed by atoms with Crippen LogP contribution in [0.25, 0.3) is 0 Å². The molecule has 1 atom stereocenters. The first kappa shape index (κ1) is 13.3. The Hall–Kier alpha value is -0.780. The number of hydrogen-bond acceptors (Lipinski definition) is 2. The van der Waals surface area contributed by atoms with Gasteiger partial charge in [0.25, 0.3) is 0 Å². The molecule has 0 aliphatic heterocycles. The van der Waals surface area contributed by atoms with E-state index in [1.165, 1.54) is 12.5 Å². The predicted octanol–water partition coefficient (Wildman–Crippen LogP) is 2.91. The molecule has 0 radical (unpaired) electrons. The van der Waals surface area contributed by atoms with E-state index in [0.29, 0.717) is 5.75 Å². The third-order valence-corrected chi connectivity index (χ3v) is 2.92. The lowest BCUT2D eigenvalue weighted by molar-refractivity contribution is -0.144. The quantitative estimate of drug-likeness (QED) is 0.643. The molecule has 0 aromatic heterocycles. The molecule has 0 unspecified atom stereocenters. The van der Waals surface area contributed by atoms with Crippen molar-refractivity contribution in [3.05, 3.63) is 29.8 Å². The molecule has 1 aromatic carbocycles. The summed E-state index contributed by atoms with van der Waals surface area (Å²) in [5.41, 5.74) is 1.19. The van der Waals surface area contributed by atoms with E-state index in [1.54, 1.807) is 6.07 Å². The van der Waals surface area contributed by atoms with E-state index in [9.17, 15) is 4.79 Å². The molecule has 16 heavy (non-hydrogen) atoms. The van der Waals surface area contributed by atoms with Crippen molar-refractivity contribution in [2.45, 2.75) is 25.9 Å². The minimum absolute atomic E-state index is 0.626. The first-order valence-corrected chi connectivity index (χ1v) is 6.70. The molecule has 1 rings (SSSR count). The summed E-state index contributed by atoms with van der Waals surface area (Å²) in [6.45, 7) is 1.53. The van der Waals surface area contributed by atoms with Gasteiger partial charge in [-0.1, -0.05) is 34.7 Å². The SMILES string of the molecule is C[C@H](Oc1cccc(CCCI)c1)C(=O)O. The van der Waals surface area contributed by atoms with Crippen LogP contribution < -0.4 is 4.74 Å². The van der Waals surface area contributed by atoms with Gasteiger partial charge in [-0.25, -0.2) is 4.79 Å². The summed E-state index contributed by atoms with van der Waals surface area (Å²) < 4.78 is 6.41. The van der Waals surface area contributed by atoms with E-state index in [1.807, 2.05) is 18.2 Å². The zero-order valence-corrected chi connectivity index (χ0v) is 11.3. The van der Waals surface area contributed by atoms with Crippen LogP contribution in [0, 0.1) is 0 Å².